The summed E-state index contributed by atoms with van der Waals surface area (Å²) in [7, 11) is 0. The Balaban J connectivity index is 2.53. The van der Waals surface area contributed by atoms with Gasteiger partial charge in [0.2, 0.25) is 5.91 Å². The van der Waals surface area contributed by atoms with Crippen molar-refractivity contribution in [1.82, 2.24) is 10.3 Å². The first kappa shape index (κ1) is 13.4. The Morgan fingerprint density at radius 3 is 2.84 bits per heavy atom. The molecule has 0 unspecified atom stereocenters. The van der Waals surface area contributed by atoms with Crippen LogP contribution in [0.15, 0.2) is 18.3 Å². The van der Waals surface area contributed by atoms with Crippen molar-refractivity contribution in [3.05, 3.63) is 24.0 Å². The molecule has 0 saturated carbocycles. The molecule has 2 amide bonds. The molecule has 100 valence electrons. The van der Waals surface area contributed by atoms with Crippen molar-refractivity contribution in [2.75, 3.05) is 11.4 Å². The number of nitrogens with zero attached hydrogens (tertiary/aromatic N) is 2. The summed E-state index contributed by atoms with van der Waals surface area (Å²) in [5.74, 6) is -0.719. The van der Waals surface area contributed by atoms with E-state index in [1.807, 2.05) is 0 Å². The van der Waals surface area contributed by atoms with E-state index < -0.39 is 5.54 Å². The summed E-state index contributed by atoms with van der Waals surface area (Å²) in [6, 6.07) is 3.46. The van der Waals surface area contributed by atoms with Crippen LogP contribution in [0.25, 0.3) is 0 Å². The molecule has 0 bridgehead atoms. The molecule has 0 aromatic carbocycles. The van der Waals surface area contributed by atoms with Crippen LogP contribution in [0.4, 0.5) is 5.69 Å². The summed E-state index contributed by atoms with van der Waals surface area (Å²) in [6.07, 6.45) is 1.57. The van der Waals surface area contributed by atoms with Gasteiger partial charge >= 0.3 is 0 Å². The minimum Gasteiger partial charge on any atom is -0.388 e. The van der Waals surface area contributed by atoms with Crippen LogP contribution in [0.1, 0.15) is 19.5 Å². The van der Waals surface area contributed by atoms with Gasteiger partial charge in [-0.05, 0) is 26.0 Å². The number of anilines is 1. The summed E-state index contributed by atoms with van der Waals surface area (Å²) in [6.45, 7) is 3.51. The Morgan fingerprint density at radius 1 is 1.53 bits per heavy atom. The number of hydrogen-bond donors (Lipinski definition) is 2. The number of rotatable bonds is 2. The molecule has 19 heavy (non-hydrogen) atoms. The fourth-order valence-electron chi connectivity index (χ4n) is 1.97. The third kappa shape index (κ3) is 2.28. The number of hydrogen-bond acceptors (Lipinski definition) is 5. The SMILES string of the molecule is CC1(C)C(=O)NC(=O)CN1c1cccnc1C(N)=S. The van der Waals surface area contributed by atoms with Gasteiger partial charge in [-0.1, -0.05) is 12.2 Å². The van der Waals surface area contributed by atoms with E-state index in [1.165, 1.54) is 0 Å². The Morgan fingerprint density at radius 2 is 2.21 bits per heavy atom. The topological polar surface area (TPSA) is 88.3 Å². The maximum atomic E-state index is 11.9. The molecule has 1 aliphatic rings. The number of aromatic nitrogens is 1. The first-order chi connectivity index (χ1) is 8.84. The summed E-state index contributed by atoms with van der Waals surface area (Å²) >= 11 is 4.96. The normalized spacial score (nSPS) is 18.1. The van der Waals surface area contributed by atoms with E-state index in [1.54, 1.807) is 37.1 Å². The van der Waals surface area contributed by atoms with Crippen LogP contribution in [0.2, 0.25) is 0 Å². The standard InChI is InChI=1S/C12H14N4O2S/c1-12(2)11(18)15-8(17)6-16(12)7-4-3-5-14-9(7)10(13)19/h3-5H,6H2,1-2H3,(H2,13,19)(H,15,17,18). The highest BCUT2D eigenvalue weighted by Gasteiger charge is 2.42. The lowest BCUT2D eigenvalue weighted by molar-refractivity contribution is -0.135. The first-order valence-corrected chi connectivity index (χ1v) is 6.11. The van der Waals surface area contributed by atoms with E-state index in [0.717, 1.165) is 0 Å². The Kier molecular flexibility index (Phi) is 3.23. The summed E-state index contributed by atoms with van der Waals surface area (Å²) in [5.41, 5.74) is 5.75. The van der Waals surface area contributed by atoms with Crippen LogP contribution < -0.4 is 16.0 Å². The van der Waals surface area contributed by atoms with Crippen LogP contribution in [-0.2, 0) is 9.59 Å². The highest BCUT2D eigenvalue weighted by Crippen LogP contribution is 2.28. The zero-order valence-electron chi connectivity index (χ0n) is 10.6. The summed E-state index contributed by atoms with van der Waals surface area (Å²) < 4.78 is 0. The van der Waals surface area contributed by atoms with Crippen LogP contribution in [0.3, 0.4) is 0 Å². The second kappa shape index (κ2) is 4.58. The van der Waals surface area contributed by atoms with Crippen molar-refractivity contribution in [2.24, 2.45) is 5.73 Å². The minimum atomic E-state index is -0.878. The van der Waals surface area contributed by atoms with Gasteiger partial charge < -0.3 is 10.6 Å². The van der Waals surface area contributed by atoms with Crippen LogP contribution >= 0.6 is 12.2 Å². The molecule has 1 aliphatic heterocycles. The summed E-state index contributed by atoms with van der Waals surface area (Å²) in [4.78, 5) is 29.4. The molecule has 1 saturated heterocycles. The molecule has 7 heteroatoms. The molecule has 6 nitrogen and oxygen atoms in total. The third-order valence-corrected chi connectivity index (χ3v) is 3.29. The number of imide groups is 1. The van der Waals surface area contributed by atoms with Crippen LogP contribution in [0.5, 0.6) is 0 Å². The number of pyridine rings is 1. The lowest BCUT2D eigenvalue weighted by Crippen LogP contribution is -2.64. The van der Waals surface area contributed by atoms with E-state index in [9.17, 15) is 9.59 Å². The van der Waals surface area contributed by atoms with Crippen molar-refractivity contribution in [3.63, 3.8) is 0 Å². The number of nitrogens with one attached hydrogen (secondary N) is 1. The molecule has 0 radical (unpaired) electrons. The number of carbonyl (C=O) groups is 2. The Bertz CT molecular complexity index is 571. The zero-order valence-corrected chi connectivity index (χ0v) is 11.5. The predicted molar refractivity (Wildman–Crippen MR) is 74.7 cm³/mol. The van der Waals surface area contributed by atoms with Gasteiger partial charge in [0.25, 0.3) is 5.91 Å². The van der Waals surface area contributed by atoms with Crippen LogP contribution in [0, 0.1) is 0 Å². The summed E-state index contributed by atoms with van der Waals surface area (Å²) in [5, 5.41) is 2.31. The van der Waals surface area contributed by atoms with Gasteiger partial charge in [0.1, 0.15) is 16.2 Å². The molecule has 3 N–H and O–H groups in total. The van der Waals surface area contributed by atoms with Crippen molar-refractivity contribution in [1.29, 1.82) is 0 Å². The highest BCUT2D eigenvalue weighted by molar-refractivity contribution is 7.80. The molecule has 2 rings (SSSR count). The fraction of sp³-hybridized carbons (Fsp3) is 0.333. The molecule has 1 fully saturated rings. The monoisotopic (exact) mass is 278 g/mol. The lowest BCUT2D eigenvalue weighted by atomic mass is 9.97. The average molecular weight is 278 g/mol. The van der Waals surface area contributed by atoms with E-state index in [2.05, 4.69) is 10.3 Å². The smallest absolute Gasteiger partial charge is 0.251 e. The van der Waals surface area contributed by atoms with E-state index in [0.29, 0.717) is 11.4 Å². The zero-order chi connectivity index (χ0) is 14.2. The van der Waals surface area contributed by atoms with Crippen molar-refractivity contribution in [2.45, 2.75) is 19.4 Å². The highest BCUT2D eigenvalue weighted by atomic mass is 32.1. The first-order valence-electron chi connectivity index (χ1n) is 5.71. The van der Waals surface area contributed by atoms with Crippen molar-refractivity contribution < 1.29 is 9.59 Å². The Hall–Kier alpha value is -2.02. The quantitative estimate of drug-likeness (QED) is 0.583. The van der Waals surface area contributed by atoms with E-state index in [-0.39, 0.29) is 23.3 Å². The predicted octanol–water partition coefficient (Wildman–Crippen LogP) is -0.0428. The van der Waals surface area contributed by atoms with Gasteiger partial charge in [0, 0.05) is 6.20 Å². The van der Waals surface area contributed by atoms with Crippen molar-refractivity contribution in [3.8, 4) is 0 Å². The molecular formula is C12H14N4O2S. The largest absolute Gasteiger partial charge is 0.388 e. The molecule has 1 aromatic rings. The van der Waals surface area contributed by atoms with Crippen LogP contribution in [-0.4, -0.2) is 33.9 Å². The fourth-order valence-corrected chi connectivity index (χ4v) is 2.13. The molecular weight excluding hydrogens is 264 g/mol. The number of amides is 2. The molecule has 1 aromatic heterocycles. The van der Waals surface area contributed by atoms with Gasteiger partial charge in [-0.25, -0.2) is 0 Å². The van der Waals surface area contributed by atoms with Crippen molar-refractivity contribution >= 4 is 34.7 Å². The number of thiocarbonyl (C=S) groups is 1. The number of carbonyl (C=O) groups excluding carboxylic acids is 2. The van der Waals surface area contributed by atoms with E-state index >= 15 is 0 Å². The second-order valence-corrected chi connectivity index (χ2v) is 5.20. The number of piperazine rings is 1. The van der Waals surface area contributed by atoms with Gasteiger partial charge in [0.05, 0.1) is 12.2 Å². The number of nitrogens with two attached hydrogens (primary N) is 1. The third-order valence-electron chi connectivity index (χ3n) is 3.10. The second-order valence-electron chi connectivity index (χ2n) is 4.76. The average Bonchev–Trinajstić information content (AvgIpc) is 2.34. The van der Waals surface area contributed by atoms with Gasteiger partial charge in [-0.15, -0.1) is 0 Å². The Labute approximate surface area is 116 Å². The molecule has 0 spiro atoms. The van der Waals surface area contributed by atoms with E-state index in [4.69, 9.17) is 18.0 Å². The maximum absolute atomic E-state index is 11.9. The molecule has 2 heterocycles. The van der Waals surface area contributed by atoms with Gasteiger partial charge in [0.15, 0.2) is 0 Å². The lowest BCUT2D eigenvalue weighted by Gasteiger charge is -2.42. The molecule has 0 atom stereocenters. The maximum Gasteiger partial charge on any atom is 0.251 e. The van der Waals surface area contributed by atoms with Gasteiger partial charge in [-0.2, -0.15) is 0 Å². The van der Waals surface area contributed by atoms with Gasteiger partial charge in [-0.3, -0.25) is 19.9 Å². The molecule has 0 aliphatic carbocycles. The minimum absolute atomic E-state index is 0.0556.